The number of hydrogen-bond acceptors (Lipinski definition) is 4. The van der Waals surface area contributed by atoms with E-state index in [-0.39, 0.29) is 11.7 Å². The quantitative estimate of drug-likeness (QED) is 0.801. The third-order valence-electron chi connectivity index (χ3n) is 3.74. The lowest BCUT2D eigenvalue weighted by Crippen LogP contribution is -2.27. The zero-order valence-electron chi connectivity index (χ0n) is 13.8. The van der Waals surface area contributed by atoms with E-state index < -0.39 is 0 Å². The zero-order valence-corrected chi connectivity index (χ0v) is 14.6. The van der Waals surface area contributed by atoms with Gasteiger partial charge in [-0.25, -0.2) is 4.39 Å². The molecule has 0 spiro atoms. The monoisotopic (exact) mass is 361 g/mol. The smallest absolute Gasteiger partial charge is 0.230 e. The predicted molar refractivity (Wildman–Crippen MR) is 95.9 cm³/mol. The Kier molecular flexibility index (Phi) is 6.17. The summed E-state index contributed by atoms with van der Waals surface area (Å²) in [6.45, 7) is 1.84. The Morgan fingerprint density at radius 3 is 2.64 bits per heavy atom. The van der Waals surface area contributed by atoms with Crippen molar-refractivity contribution in [3.05, 3.63) is 53.8 Å². The van der Waals surface area contributed by atoms with Crippen molar-refractivity contribution in [2.24, 2.45) is 0 Å². The highest BCUT2D eigenvalue weighted by Gasteiger charge is 2.11. The first-order valence-electron chi connectivity index (χ1n) is 8.24. The molecule has 1 N–H and O–H groups in total. The summed E-state index contributed by atoms with van der Waals surface area (Å²) in [5, 5.41) is 2.88. The first kappa shape index (κ1) is 17.6. The van der Waals surface area contributed by atoms with Crippen molar-refractivity contribution in [3.63, 3.8) is 0 Å². The van der Waals surface area contributed by atoms with Gasteiger partial charge in [-0.15, -0.1) is 11.8 Å². The van der Waals surface area contributed by atoms with Crippen molar-refractivity contribution in [2.75, 3.05) is 25.5 Å². The Morgan fingerprint density at radius 1 is 1.08 bits per heavy atom. The molecule has 0 saturated heterocycles. The highest BCUT2D eigenvalue weighted by Crippen LogP contribution is 2.33. The van der Waals surface area contributed by atoms with Crippen molar-refractivity contribution < 1.29 is 18.7 Å². The number of carbonyl (C=O) groups excluding carboxylic acids is 1. The molecule has 25 heavy (non-hydrogen) atoms. The number of halogens is 1. The summed E-state index contributed by atoms with van der Waals surface area (Å²) in [6.07, 6.45) is 1.55. The summed E-state index contributed by atoms with van der Waals surface area (Å²) in [4.78, 5) is 12.9. The van der Waals surface area contributed by atoms with Gasteiger partial charge in [-0.3, -0.25) is 4.79 Å². The van der Waals surface area contributed by atoms with Crippen molar-refractivity contribution in [2.45, 2.75) is 17.7 Å². The molecule has 4 nitrogen and oxygen atoms in total. The molecule has 1 aliphatic heterocycles. The van der Waals surface area contributed by atoms with Crippen LogP contribution in [0.1, 0.15) is 12.0 Å². The zero-order chi connectivity index (χ0) is 17.5. The maximum absolute atomic E-state index is 12.8. The van der Waals surface area contributed by atoms with Crippen LogP contribution in [-0.2, 0) is 11.2 Å². The van der Waals surface area contributed by atoms with Crippen molar-refractivity contribution in [3.8, 4) is 11.5 Å². The van der Waals surface area contributed by atoms with Crippen molar-refractivity contribution >= 4 is 17.7 Å². The standard InChI is InChI=1S/C19H20FNO3S/c20-15-4-2-14(3-5-15)8-9-21-19(22)13-25-16-6-7-17-18(12-16)24-11-1-10-23-17/h2-7,12H,1,8-11,13H2,(H,21,22). The first-order chi connectivity index (χ1) is 12.2. The molecule has 6 heteroatoms. The van der Waals surface area contributed by atoms with E-state index >= 15 is 0 Å². The van der Waals surface area contributed by atoms with Gasteiger partial charge in [0.05, 0.1) is 19.0 Å². The van der Waals surface area contributed by atoms with Gasteiger partial charge in [-0.1, -0.05) is 12.1 Å². The van der Waals surface area contributed by atoms with Crippen LogP contribution >= 0.6 is 11.8 Å². The number of nitrogens with one attached hydrogen (secondary N) is 1. The van der Waals surface area contributed by atoms with Gasteiger partial charge in [0, 0.05) is 17.9 Å². The molecule has 0 aliphatic carbocycles. The van der Waals surface area contributed by atoms with Gasteiger partial charge in [0.2, 0.25) is 5.91 Å². The van der Waals surface area contributed by atoms with Crippen LogP contribution in [0.5, 0.6) is 11.5 Å². The van der Waals surface area contributed by atoms with Gasteiger partial charge in [0.1, 0.15) is 5.82 Å². The minimum atomic E-state index is -0.251. The van der Waals surface area contributed by atoms with Gasteiger partial charge < -0.3 is 14.8 Å². The lowest BCUT2D eigenvalue weighted by Gasteiger charge is -2.09. The van der Waals surface area contributed by atoms with Gasteiger partial charge in [-0.2, -0.15) is 0 Å². The van der Waals surface area contributed by atoms with Crippen LogP contribution in [0, 0.1) is 5.82 Å². The topological polar surface area (TPSA) is 47.6 Å². The SMILES string of the molecule is O=C(CSc1ccc2c(c1)OCCCO2)NCCc1ccc(F)cc1. The average molecular weight is 361 g/mol. The van der Waals surface area contributed by atoms with Crippen LogP contribution in [0.4, 0.5) is 4.39 Å². The third kappa shape index (κ3) is 5.39. The van der Waals surface area contributed by atoms with E-state index in [1.807, 2.05) is 18.2 Å². The summed E-state index contributed by atoms with van der Waals surface area (Å²) in [5.41, 5.74) is 0.997. The molecule has 1 aliphatic rings. The minimum absolute atomic E-state index is 0.0285. The molecule has 3 rings (SSSR count). The molecule has 0 radical (unpaired) electrons. The Morgan fingerprint density at radius 2 is 1.84 bits per heavy atom. The van der Waals surface area contributed by atoms with Crippen LogP contribution < -0.4 is 14.8 Å². The largest absolute Gasteiger partial charge is 0.490 e. The molecule has 0 aromatic heterocycles. The molecular formula is C19H20FNO3S. The van der Waals surface area contributed by atoms with Crippen LogP contribution in [0.2, 0.25) is 0 Å². The van der Waals surface area contributed by atoms with E-state index in [0.717, 1.165) is 28.4 Å². The van der Waals surface area contributed by atoms with Crippen LogP contribution in [-0.4, -0.2) is 31.4 Å². The Balaban J connectivity index is 1.43. The maximum Gasteiger partial charge on any atom is 0.230 e. The number of rotatable bonds is 6. The normalized spacial score (nSPS) is 13.2. The van der Waals surface area contributed by atoms with E-state index in [1.165, 1.54) is 23.9 Å². The molecule has 2 aromatic rings. The Hall–Kier alpha value is -2.21. The van der Waals surface area contributed by atoms with E-state index in [9.17, 15) is 9.18 Å². The number of amides is 1. The maximum atomic E-state index is 12.8. The molecule has 1 amide bonds. The van der Waals surface area contributed by atoms with Gasteiger partial charge in [0.25, 0.3) is 0 Å². The summed E-state index contributed by atoms with van der Waals surface area (Å²) in [5.74, 6) is 1.55. The van der Waals surface area contributed by atoms with E-state index in [0.29, 0.717) is 31.9 Å². The molecule has 0 bridgehead atoms. The van der Waals surface area contributed by atoms with Crippen molar-refractivity contribution in [1.82, 2.24) is 5.32 Å². The number of thioether (sulfide) groups is 1. The second kappa shape index (κ2) is 8.76. The number of ether oxygens (including phenoxy) is 2. The molecular weight excluding hydrogens is 341 g/mol. The second-order valence-corrected chi connectivity index (χ2v) is 6.72. The first-order valence-corrected chi connectivity index (χ1v) is 9.23. The molecule has 2 aromatic carbocycles. The lowest BCUT2D eigenvalue weighted by molar-refractivity contribution is -0.118. The lowest BCUT2D eigenvalue weighted by atomic mass is 10.1. The summed E-state index contributed by atoms with van der Waals surface area (Å²) in [6, 6.07) is 12.0. The fourth-order valence-electron chi connectivity index (χ4n) is 2.43. The van der Waals surface area contributed by atoms with Crippen molar-refractivity contribution in [1.29, 1.82) is 0 Å². The predicted octanol–water partition coefficient (Wildman–Crippen LogP) is 3.44. The number of carbonyl (C=O) groups is 1. The molecule has 0 saturated carbocycles. The van der Waals surface area contributed by atoms with E-state index in [4.69, 9.17) is 9.47 Å². The minimum Gasteiger partial charge on any atom is -0.490 e. The Labute approximate surface area is 150 Å². The van der Waals surface area contributed by atoms with Crippen LogP contribution in [0.15, 0.2) is 47.4 Å². The van der Waals surface area contributed by atoms with Gasteiger partial charge in [0.15, 0.2) is 11.5 Å². The Bertz CT molecular complexity index is 721. The second-order valence-electron chi connectivity index (χ2n) is 5.67. The van der Waals surface area contributed by atoms with Crippen LogP contribution in [0.25, 0.3) is 0 Å². The fraction of sp³-hybridized carbons (Fsp3) is 0.316. The summed E-state index contributed by atoms with van der Waals surface area (Å²) < 4.78 is 24.1. The van der Waals surface area contributed by atoms with Gasteiger partial charge in [-0.05, 0) is 42.3 Å². The fourth-order valence-corrected chi connectivity index (χ4v) is 3.19. The molecule has 0 fully saturated rings. The molecule has 0 atom stereocenters. The highest BCUT2D eigenvalue weighted by molar-refractivity contribution is 8.00. The highest BCUT2D eigenvalue weighted by atomic mass is 32.2. The number of benzene rings is 2. The number of hydrogen-bond donors (Lipinski definition) is 1. The molecule has 1 heterocycles. The molecule has 132 valence electrons. The summed E-state index contributed by atoms with van der Waals surface area (Å²) in [7, 11) is 0. The third-order valence-corrected chi connectivity index (χ3v) is 4.73. The van der Waals surface area contributed by atoms with Gasteiger partial charge >= 0.3 is 0 Å². The number of fused-ring (bicyclic) bond motifs is 1. The average Bonchev–Trinajstić information content (AvgIpc) is 2.86. The summed E-state index contributed by atoms with van der Waals surface area (Å²) >= 11 is 1.46. The van der Waals surface area contributed by atoms with E-state index in [2.05, 4.69) is 5.32 Å². The molecule has 0 unspecified atom stereocenters. The van der Waals surface area contributed by atoms with E-state index in [1.54, 1.807) is 12.1 Å². The van der Waals surface area contributed by atoms with Crippen LogP contribution in [0.3, 0.4) is 0 Å².